The van der Waals surface area contributed by atoms with E-state index in [1.165, 1.54) is 0 Å². The molecule has 36 heavy (non-hydrogen) atoms. The van der Waals surface area contributed by atoms with Crippen LogP contribution >= 0.6 is 0 Å². The van der Waals surface area contributed by atoms with Crippen molar-refractivity contribution in [2.24, 2.45) is 0 Å². The standard InChI is InChI=1S/C30H35N3O3/c1-30(2,3)36-29(35)32-20-22-7-5-9-27(18-22)33(26-16-17-26)28(34)25-14-12-24(13-15-25)23-8-4-6-21(19-31)10-11-23/h4,6,8,11-15,20,26-27H,5,7,9-10,16-18H2,1-3H3,(H,32,35)/b22-20+. The molecule has 4 rings (SSSR count). The van der Waals surface area contributed by atoms with Crippen LogP contribution in [0.15, 0.2) is 65.9 Å². The predicted octanol–water partition coefficient (Wildman–Crippen LogP) is 6.44. The second-order valence-corrected chi connectivity index (χ2v) is 10.7. The van der Waals surface area contributed by atoms with E-state index < -0.39 is 11.7 Å². The summed E-state index contributed by atoms with van der Waals surface area (Å²) in [5.41, 5.74) is 4.11. The van der Waals surface area contributed by atoms with Crippen molar-refractivity contribution in [3.63, 3.8) is 0 Å². The van der Waals surface area contributed by atoms with Gasteiger partial charge in [0.25, 0.3) is 5.91 Å². The van der Waals surface area contributed by atoms with E-state index >= 15 is 0 Å². The number of alkyl carbamates (subject to hydrolysis) is 1. The van der Waals surface area contributed by atoms with E-state index in [0.29, 0.717) is 18.0 Å². The van der Waals surface area contributed by atoms with Crippen molar-refractivity contribution >= 4 is 17.6 Å². The molecule has 0 heterocycles. The van der Waals surface area contributed by atoms with E-state index in [4.69, 9.17) is 10.00 Å². The van der Waals surface area contributed by atoms with Crippen LogP contribution in [0.25, 0.3) is 5.57 Å². The minimum Gasteiger partial charge on any atom is -0.444 e. The Morgan fingerprint density at radius 1 is 1.14 bits per heavy atom. The Labute approximate surface area is 214 Å². The molecule has 0 bridgehead atoms. The Balaban J connectivity index is 1.43. The van der Waals surface area contributed by atoms with E-state index in [1.54, 1.807) is 6.20 Å². The Hall–Kier alpha value is -3.59. The van der Waals surface area contributed by atoms with Crippen LogP contribution in [0.1, 0.15) is 81.6 Å². The first-order valence-corrected chi connectivity index (χ1v) is 12.8. The molecule has 6 nitrogen and oxygen atoms in total. The molecule has 0 radical (unpaired) electrons. The molecule has 2 fully saturated rings. The Kier molecular flexibility index (Phi) is 7.79. The highest BCUT2D eigenvalue weighted by Crippen LogP contribution is 2.36. The molecule has 6 heteroatoms. The summed E-state index contributed by atoms with van der Waals surface area (Å²) in [5, 5.41) is 11.9. The fourth-order valence-corrected chi connectivity index (χ4v) is 4.77. The van der Waals surface area contributed by atoms with Crippen molar-refractivity contribution in [1.82, 2.24) is 10.2 Å². The molecule has 1 aromatic carbocycles. The Morgan fingerprint density at radius 2 is 1.89 bits per heavy atom. The second-order valence-electron chi connectivity index (χ2n) is 10.7. The van der Waals surface area contributed by atoms with Crippen LogP contribution in [0.2, 0.25) is 0 Å². The number of allylic oxidation sites excluding steroid dienone is 6. The monoisotopic (exact) mass is 485 g/mol. The highest BCUT2D eigenvalue weighted by atomic mass is 16.6. The first kappa shape index (κ1) is 25.5. The average molecular weight is 486 g/mol. The Bertz CT molecular complexity index is 1160. The normalized spacial score (nSPS) is 21.1. The maximum atomic E-state index is 13.6. The van der Waals surface area contributed by atoms with E-state index in [2.05, 4.69) is 16.3 Å². The van der Waals surface area contributed by atoms with E-state index in [-0.39, 0.29) is 11.9 Å². The van der Waals surface area contributed by atoms with Gasteiger partial charge in [-0.2, -0.15) is 5.26 Å². The third kappa shape index (κ3) is 6.75. The molecule has 2 amide bonds. The molecule has 0 spiro atoms. The van der Waals surface area contributed by atoms with Crippen LogP contribution in [0, 0.1) is 11.3 Å². The fraction of sp³-hybridized carbons (Fsp3) is 0.433. The summed E-state index contributed by atoms with van der Waals surface area (Å²) in [6.07, 6.45) is 15.4. The molecule has 1 atom stereocenters. The number of ether oxygens (including phenoxy) is 1. The number of nitriles is 1. The van der Waals surface area contributed by atoms with Crippen molar-refractivity contribution < 1.29 is 14.3 Å². The quantitative estimate of drug-likeness (QED) is 0.521. The summed E-state index contributed by atoms with van der Waals surface area (Å²) < 4.78 is 5.33. The molecule has 0 saturated heterocycles. The second kappa shape index (κ2) is 11.0. The number of carbonyl (C=O) groups is 2. The third-order valence-corrected chi connectivity index (χ3v) is 6.62. The molecule has 0 aromatic heterocycles. The smallest absolute Gasteiger partial charge is 0.411 e. The molecule has 1 unspecified atom stereocenters. The van der Waals surface area contributed by atoms with Crippen molar-refractivity contribution in [2.45, 2.75) is 83.4 Å². The summed E-state index contributed by atoms with van der Waals surface area (Å²) in [6.45, 7) is 5.52. The highest BCUT2D eigenvalue weighted by molar-refractivity contribution is 5.95. The molecule has 188 valence electrons. The van der Waals surface area contributed by atoms with Gasteiger partial charge < -0.3 is 9.64 Å². The van der Waals surface area contributed by atoms with Crippen LogP contribution in [0.3, 0.4) is 0 Å². The van der Waals surface area contributed by atoms with E-state index in [0.717, 1.165) is 60.8 Å². The molecular weight excluding hydrogens is 450 g/mol. The van der Waals surface area contributed by atoms with E-state index in [9.17, 15) is 9.59 Å². The van der Waals surface area contributed by atoms with E-state index in [1.807, 2.05) is 69.3 Å². The van der Waals surface area contributed by atoms with Gasteiger partial charge in [0.15, 0.2) is 0 Å². The van der Waals surface area contributed by atoms with Gasteiger partial charge in [0.1, 0.15) is 5.60 Å². The van der Waals surface area contributed by atoms with Gasteiger partial charge >= 0.3 is 6.09 Å². The van der Waals surface area contributed by atoms with Gasteiger partial charge in [-0.25, -0.2) is 4.79 Å². The summed E-state index contributed by atoms with van der Waals surface area (Å²) >= 11 is 0. The average Bonchev–Trinajstić information content (AvgIpc) is 3.70. The largest absolute Gasteiger partial charge is 0.444 e. The lowest BCUT2D eigenvalue weighted by Gasteiger charge is -2.36. The molecule has 2 saturated carbocycles. The Morgan fingerprint density at radius 3 is 2.56 bits per heavy atom. The molecular formula is C30H35N3O3. The predicted molar refractivity (Wildman–Crippen MR) is 141 cm³/mol. The van der Waals surface area contributed by atoms with Crippen LogP contribution in [-0.4, -0.2) is 34.6 Å². The zero-order valence-electron chi connectivity index (χ0n) is 21.4. The molecule has 1 aromatic rings. The maximum Gasteiger partial charge on any atom is 0.411 e. The summed E-state index contributed by atoms with van der Waals surface area (Å²) in [6, 6.07) is 10.4. The number of nitrogens with one attached hydrogen (secondary N) is 1. The van der Waals surface area contributed by atoms with Crippen LogP contribution in [0.5, 0.6) is 0 Å². The SMILES string of the molecule is CC(C)(C)OC(=O)N/C=C1\CCCC(N(C(=O)c2ccc(C3=CCC(C#N)=CC=C3)cc2)C2CC2)C1. The number of hydrogen-bond acceptors (Lipinski definition) is 4. The van der Waals surface area contributed by atoms with Gasteiger partial charge in [0, 0.05) is 35.8 Å². The number of amides is 2. The van der Waals surface area contributed by atoms with Gasteiger partial charge in [-0.05, 0) is 88.6 Å². The first-order chi connectivity index (χ1) is 17.2. The summed E-state index contributed by atoms with van der Waals surface area (Å²) in [4.78, 5) is 27.8. The number of rotatable bonds is 5. The fourth-order valence-electron chi connectivity index (χ4n) is 4.77. The topological polar surface area (TPSA) is 82.4 Å². The number of carbonyl (C=O) groups excluding carboxylic acids is 2. The molecule has 3 aliphatic carbocycles. The minimum atomic E-state index is -0.540. The first-order valence-electron chi connectivity index (χ1n) is 12.8. The molecule has 3 aliphatic rings. The summed E-state index contributed by atoms with van der Waals surface area (Å²) in [5.74, 6) is 0.0780. The van der Waals surface area contributed by atoms with Gasteiger partial charge in [-0.1, -0.05) is 35.9 Å². The zero-order valence-corrected chi connectivity index (χ0v) is 21.4. The lowest BCUT2D eigenvalue weighted by molar-refractivity contribution is 0.0547. The van der Waals surface area contributed by atoms with Crippen molar-refractivity contribution in [3.8, 4) is 6.07 Å². The van der Waals surface area contributed by atoms with Crippen molar-refractivity contribution in [2.75, 3.05) is 0 Å². The molecule has 1 N–H and O–H groups in total. The highest BCUT2D eigenvalue weighted by Gasteiger charge is 2.38. The van der Waals surface area contributed by atoms with Crippen LogP contribution in [-0.2, 0) is 4.74 Å². The van der Waals surface area contributed by atoms with Gasteiger partial charge in [-0.3, -0.25) is 10.1 Å². The van der Waals surface area contributed by atoms with Crippen LogP contribution in [0.4, 0.5) is 4.79 Å². The number of hydrogen-bond donors (Lipinski definition) is 1. The third-order valence-electron chi connectivity index (χ3n) is 6.62. The maximum absolute atomic E-state index is 13.6. The van der Waals surface area contributed by atoms with Crippen LogP contribution < -0.4 is 5.32 Å². The van der Waals surface area contributed by atoms with Crippen molar-refractivity contribution in [3.05, 3.63) is 77.0 Å². The van der Waals surface area contributed by atoms with Gasteiger partial charge in [-0.15, -0.1) is 0 Å². The van der Waals surface area contributed by atoms with Gasteiger partial charge in [0.2, 0.25) is 0 Å². The van der Waals surface area contributed by atoms with Gasteiger partial charge in [0.05, 0.1) is 6.07 Å². The lowest BCUT2D eigenvalue weighted by atomic mass is 9.89. The number of nitrogens with zero attached hydrogens (tertiary/aromatic N) is 2. The lowest BCUT2D eigenvalue weighted by Crippen LogP contribution is -2.43. The molecule has 0 aliphatic heterocycles. The minimum absolute atomic E-state index is 0.0780. The number of benzene rings is 1. The van der Waals surface area contributed by atoms with Crippen molar-refractivity contribution in [1.29, 1.82) is 5.26 Å². The summed E-state index contributed by atoms with van der Waals surface area (Å²) in [7, 11) is 0. The zero-order chi connectivity index (χ0) is 25.7.